The number of nitrogens with zero attached hydrogens (tertiary/aromatic N) is 3. The number of urea groups is 1. The van der Waals surface area contributed by atoms with Crippen LogP contribution in [0, 0.1) is 5.82 Å². The van der Waals surface area contributed by atoms with E-state index in [-0.39, 0.29) is 49.2 Å². The highest BCUT2D eigenvalue weighted by Crippen LogP contribution is 2.47. The molecule has 11 heteroatoms. The van der Waals surface area contributed by atoms with Gasteiger partial charge in [-0.1, -0.05) is 24.3 Å². The number of hydrogen-bond donors (Lipinski definition) is 1. The summed E-state index contributed by atoms with van der Waals surface area (Å²) < 4.78 is 55.5. The van der Waals surface area contributed by atoms with Crippen molar-refractivity contribution in [3.05, 3.63) is 69.9 Å². The van der Waals surface area contributed by atoms with Gasteiger partial charge < -0.3 is 14.4 Å². The molecule has 0 bridgehead atoms. The Labute approximate surface area is 199 Å². The molecule has 0 saturated carbocycles. The van der Waals surface area contributed by atoms with E-state index in [1.165, 1.54) is 11.0 Å². The topological polar surface area (TPSA) is 86.4 Å². The smallest absolute Gasteiger partial charge is 0.320 e. The fourth-order valence-corrected chi connectivity index (χ4v) is 7.50. The summed E-state index contributed by atoms with van der Waals surface area (Å²) in [4.78, 5) is 27.2. The number of benzene rings is 2. The normalized spacial score (nSPS) is 19.3. The van der Waals surface area contributed by atoms with Crippen LogP contribution in [0.4, 0.5) is 18.0 Å². The van der Waals surface area contributed by atoms with E-state index in [2.05, 4.69) is 10.2 Å². The van der Waals surface area contributed by atoms with Crippen molar-refractivity contribution in [2.75, 3.05) is 38.5 Å². The first-order chi connectivity index (χ1) is 16.7. The van der Waals surface area contributed by atoms with Crippen molar-refractivity contribution < 1.29 is 22.5 Å². The van der Waals surface area contributed by atoms with Crippen molar-refractivity contribution in [1.82, 2.24) is 20.0 Å². The third-order valence-electron chi connectivity index (χ3n) is 6.77. The monoisotopic (exact) mass is 504 g/mol. The van der Waals surface area contributed by atoms with E-state index in [9.17, 15) is 27.3 Å². The highest BCUT2D eigenvalue weighted by atomic mass is 31.2. The van der Waals surface area contributed by atoms with Crippen molar-refractivity contribution in [2.24, 2.45) is 0 Å². The molecule has 184 valence electrons. The molecule has 1 aromatic heterocycles. The first-order valence-corrected chi connectivity index (χ1v) is 13.5. The SMILES string of the molecule is O=C(N1CCP(=O)(c2cc(Cc3n[nH]c(=O)c4ccccc34)ccc2F)CC1)N1CCC(F)(F)C1. The summed E-state index contributed by atoms with van der Waals surface area (Å²) in [6.45, 7) is -0.379. The molecule has 0 spiro atoms. The molecule has 0 aliphatic carbocycles. The number of amides is 2. The fourth-order valence-electron chi connectivity index (χ4n) is 4.80. The number of halogens is 3. The van der Waals surface area contributed by atoms with Crippen molar-refractivity contribution in [1.29, 1.82) is 0 Å². The highest BCUT2D eigenvalue weighted by molar-refractivity contribution is 7.71. The number of alkyl halides is 2. The Balaban J connectivity index is 1.34. The van der Waals surface area contributed by atoms with Gasteiger partial charge in [0.15, 0.2) is 0 Å². The summed E-state index contributed by atoms with van der Waals surface area (Å²) in [5.41, 5.74) is 1.01. The van der Waals surface area contributed by atoms with Gasteiger partial charge in [0.25, 0.3) is 11.5 Å². The number of nitrogens with one attached hydrogen (secondary N) is 1. The van der Waals surface area contributed by atoms with Gasteiger partial charge in [0.1, 0.15) is 13.0 Å². The van der Waals surface area contributed by atoms with Crippen LogP contribution in [0.25, 0.3) is 10.8 Å². The number of likely N-dealkylation sites (tertiary alicyclic amines) is 1. The van der Waals surface area contributed by atoms with Crippen LogP contribution in [-0.2, 0) is 11.0 Å². The molecule has 7 nitrogen and oxygen atoms in total. The molecule has 0 atom stereocenters. The number of carbonyl (C=O) groups is 1. The van der Waals surface area contributed by atoms with Crippen molar-refractivity contribution in [3.8, 4) is 0 Å². The predicted molar refractivity (Wildman–Crippen MR) is 127 cm³/mol. The third kappa shape index (κ3) is 4.59. The van der Waals surface area contributed by atoms with Gasteiger partial charge in [0.05, 0.1) is 17.6 Å². The lowest BCUT2D eigenvalue weighted by Gasteiger charge is -2.35. The Bertz CT molecular complexity index is 1400. The number of rotatable bonds is 3. The second-order valence-corrected chi connectivity index (χ2v) is 12.3. The minimum Gasteiger partial charge on any atom is -0.324 e. The molecule has 0 unspecified atom stereocenters. The second kappa shape index (κ2) is 8.82. The quantitative estimate of drug-likeness (QED) is 0.554. The van der Waals surface area contributed by atoms with E-state index >= 15 is 0 Å². The Morgan fingerprint density at radius 3 is 2.46 bits per heavy atom. The van der Waals surface area contributed by atoms with E-state index in [1.54, 1.807) is 36.4 Å². The van der Waals surface area contributed by atoms with Crippen LogP contribution < -0.4 is 10.9 Å². The molecular formula is C24H24F3N4O3P. The third-order valence-corrected chi connectivity index (χ3v) is 9.83. The molecule has 2 amide bonds. The molecule has 2 aromatic carbocycles. The minimum absolute atomic E-state index is 0.00978. The zero-order chi connectivity index (χ0) is 24.8. The minimum atomic E-state index is -3.14. The van der Waals surface area contributed by atoms with Crippen LogP contribution in [0.3, 0.4) is 0 Å². The molecule has 3 heterocycles. The van der Waals surface area contributed by atoms with Crippen LogP contribution in [0.2, 0.25) is 0 Å². The molecule has 5 rings (SSSR count). The number of fused-ring (bicyclic) bond motifs is 1. The molecule has 0 radical (unpaired) electrons. The molecule has 2 saturated heterocycles. The standard InChI is InChI=1S/C24H24F3N4O3P/c25-19-6-5-16(13-20-17-3-1-2-4-18(17)22(32)29-28-20)14-21(19)35(34)11-9-30(10-12-35)23(33)31-8-7-24(26,27)15-31/h1-6,14H,7-13,15H2,(H,29,32). The van der Waals surface area contributed by atoms with Gasteiger partial charge in [-0.3, -0.25) is 4.79 Å². The first-order valence-electron chi connectivity index (χ1n) is 11.4. The van der Waals surface area contributed by atoms with Crippen LogP contribution in [0.5, 0.6) is 0 Å². The molecule has 2 aliphatic heterocycles. The number of aromatic amines is 1. The lowest BCUT2D eigenvalue weighted by atomic mass is 10.0. The van der Waals surface area contributed by atoms with Crippen LogP contribution in [-0.4, -0.2) is 70.5 Å². The molecule has 1 N–H and O–H groups in total. The average molecular weight is 504 g/mol. The Kier molecular flexibility index (Phi) is 5.95. The molecule has 3 aromatic rings. The van der Waals surface area contributed by atoms with E-state index in [1.807, 2.05) is 0 Å². The van der Waals surface area contributed by atoms with Gasteiger partial charge in [0, 0.05) is 55.5 Å². The molecule has 2 fully saturated rings. The maximum absolute atomic E-state index is 14.8. The number of H-pyrrole nitrogens is 1. The van der Waals surface area contributed by atoms with Gasteiger partial charge in [-0.05, 0) is 23.8 Å². The molecular weight excluding hydrogens is 480 g/mol. The van der Waals surface area contributed by atoms with Crippen LogP contribution in [0.15, 0.2) is 47.3 Å². The first kappa shape index (κ1) is 23.6. The number of aromatic nitrogens is 2. The summed E-state index contributed by atoms with van der Waals surface area (Å²) in [5, 5.41) is 7.96. The Hall–Kier alpha value is -3.13. The summed E-state index contributed by atoms with van der Waals surface area (Å²) in [7, 11) is -3.14. The van der Waals surface area contributed by atoms with Crippen LogP contribution >= 0.6 is 7.14 Å². The zero-order valence-electron chi connectivity index (χ0n) is 18.8. The summed E-state index contributed by atoms with van der Waals surface area (Å²) in [5.74, 6) is -3.45. The largest absolute Gasteiger partial charge is 0.324 e. The van der Waals surface area contributed by atoms with E-state index in [4.69, 9.17) is 0 Å². The van der Waals surface area contributed by atoms with E-state index < -0.39 is 31.5 Å². The lowest BCUT2D eigenvalue weighted by molar-refractivity contribution is 0.0139. The van der Waals surface area contributed by atoms with Gasteiger partial charge in [-0.25, -0.2) is 23.1 Å². The maximum atomic E-state index is 14.8. The van der Waals surface area contributed by atoms with Gasteiger partial charge in [-0.2, -0.15) is 5.10 Å². The number of carbonyl (C=O) groups excluding carboxylic acids is 1. The summed E-state index contributed by atoms with van der Waals surface area (Å²) >= 11 is 0. The maximum Gasteiger partial charge on any atom is 0.320 e. The second-order valence-electron chi connectivity index (χ2n) is 9.14. The highest BCUT2D eigenvalue weighted by Gasteiger charge is 2.43. The zero-order valence-corrected chi connectivity index (χ0v) is 19.7. The summed E-state index contributed by atoms with van der Waals surface area (Å²) in [6.07, 6.45) is 0.118. The molecule has 2 aliphatic rings. The van der Waals surface area contributed by atoms with Gasteiger partial charge in [-0.15, -0.1) is 0 Å². The van der Waals surface area contributed by atoms with Gasteiger partial charge >= 0.3 is 6.03 Å². The summed E-state index contributed by atoms with van der Waals surface area (Å²) in [6, 6.07) is 11.0. The Morgan fingerprint density at radius 1 is 1.06 bits per heavy atom. The lowest BCUT2D eigenvalue weighted by Crippen LogP contribution is -2.48. The van der Waals surface area contributed by atoms with Crippen LogP contribution in [0.1, 0.15) is 17.7 Å². The van der Waals surface area contributed by atoms with Crippen molar-refractivity contribution >= 4 is 29.2 Å². The Morgan fingerprint density at radius 2 is 1.77 bits per heavy atom. The average Bonchev–Trinajstić information content (AvgIpc) is 3.22. The van der Waals surface area contributed by atoms with Gasteiger partial charge in [0.2, 0.25) is 0 Å². The fraction of sp³-hybridized carbons (Fsp3) is 0.375. The van der Waals surface area contributed by atoms with E-state index in [0.717, 1.165) is 4.90 Å². The van der Waals surface area contributed by atoms with E-state index in [0.29, 0.717) is 28.5 Å². The van der Waals surface area contributed by atoms with Crippen molar-refractivity contribution in [3.63, 3.8) is 0 Å². The predicted octanol–water partition coefficient (Wildman–Crippen LogP) is 3.42. The van der Waals surface area contributed by atoms with Crippen molar-refractivity contribution in [2.45, 2.75) is 18.8 Å². The number of hydrogen-bond acceptors (Lipinski definition) is 4. The molecule has 35 heavy (non-hydrogen) atoms.